The zero-order chi connectivity index (χ0) is 17.8. The summed E-state index contributed by atoms with van der Waals surface area (Å²) in [5, 5.41) is 0. The molecule has 0 amide bonds. The third-order valence-corrected chi connectivity index (χ3v) is 5.98. The van der Waals surface area contributed by atoms with Crippen molar-refractivity contribution in [2.45, 2.75) is 25.4 Å². The summed E-state index contributed by atoms with van der Waals surface area (Å²) in [5.74, 6) is 0.800. The molecule has 3 saturated heterocycles. The third kappa shape index (κ3) is 4.01. The molecule has 0 aliphatic carbocycles. The molecule has 3 aliphatic rings. The van der Waals surface area contributed by atoms with E-state index in [1.165, 1.54) is 49.2 Å². The van der Waals surface area contributed by atoms with E-state index in [4.69, 9.17) is 4.74 Å². The van der Waals surface area contributed by atoms with Crippen molar-refractivity contribution in [1.82, 2.24) is 9.80 Å². The second-order valence-electron chi connectivity index (χ2n) is 7.80. The Kier molecular flexibility index (Phi) is 5.68. The largest absolute Gasteiger partial charge is 0.383 e. The fourth-order valence-electron chi connectivity index (χ4n) is 4.69. The van der Waals surface area contributed by atoms with Crippen LogP contribution in [0.4, 0.5) is 0 Å². The number of hydrogen-bond donors (Lipinski definition) is 0. The Morgan fingerprint density at radius 2 is 1.73 bits per heavy atom. The minimum atomic E-state index is 0.688. The van der Waals surface area contributed by atoms with Crippen molar-refractivity contribution in [2.75, 3.05) is 39.9 Å². The maximum Gasteiger partial charge on any atom is 0.0589 e. The first kappa shape index (κ1) is 17.7. The van der Waals surface area contributed by atoms with E-state index in [1.54, 1.807) is 0 Å². The normalized spacial score (nSPS) is 23.9. The molecule has 2 atom stereocenters. The SMILES string of the molecule is COCCN1C[C@H]2CC[C@@H]1CN(Cc1ccccc1-c1ccccc1)C2. The van der Waals surface area contributed by atoms with Crippen LogP contribution in [0.25, 0.3) is 11.1 Å². The number of rotatable bonds is 6. The first-order valence-corrected chi connectivity index (χ1v) is 9.92. The lowest BCUT2D eigenvalue weighted by atomic mass is 9.95. The summed E-state index contributed by atoms with van der Waals surface area (Å²) in [6.45, 7) is 6.62. The maximum atomic E-state index is 5.32. The average molecular weight is 351 g/mol. The predicted octanol–water partition coefficient (Wildman–Crippen LogP) is 3.90. The van der Waals surface area contributed by atoms with Crippen molar-refractivity contribution in [1.29, 1.82) is 0 Å². The number of methoxy groups -OCH3 is 1. The topological polar surface area (TPSA) is 15.7 Å². The highest BCUT2D eigenvalue weighted by molar-refractivity contribution is 5.67. The van der Waals surface area contributed by atoms with Gasteiger partial charge in [-0.15, -0.1) is 0 Å². The van der Waals surface area contributed by atoms with E-state index in [9.17, 15) is 0 Å². The predicted molar refractivity (Wildman–Crippen MR) is 107 cm³/mol. The lowest BCUT2D eigenvalue weighted by Crippen LogP contribution is -2.45. The summed E-state index contributed by atoms with van der Waals surface area (Å²) in [7, 11) is 1.81. The molecular formula is C23H30N2O. The molecule has 3 aliphatic heterocycles. The summed E-state index contributed by atoms with van der Waals surface area (Å²) >= 11 is 0. The van der Waals surface area contributed by atoms with Crippen molar-refractivity contribution < 1.29 is 4.74 Å². The quantitative estimate of drug-likeness (QED) is 0.786. The van der Waals surface area contributed by atoms with Gasteiger partial charge in [-0.2, -0.15) is 0 Å². The molecule has 3 heteroatoms. The molecule has 0 unspecified atom stereocenters. The molecule has 5 rings (SSSR count). The fourth-order valence-corrected chi connectivity index (χ4v) is 4.69. The Morgan fingerprint density at radius 3 is 2.58 bits per heavy atom. The molecule has 3 heterocycles. The van der Waals surface area contributed by atoms with Gasteiger partial charge < -0.3 is 4.74 Å². The van der Waals surface area contributed by atoms with Gasteiger partial charge in [0.2, 0.25) is 0 Å². The van der Waals surface area contributed by atoms with E-state index in [-0.39, 0.29) is 0 Å². The number of ether oxygens (including phenoxy) is 1. The van der Waals surface area contributed by atoms with Gasteiger partial charge in [0.15, 0.2) is 0 Å². The van der Waals surface area contributed by atoms with E-state index in [0.29, 0.717) is 6.04 Å². The van der Waals surface area contributed by atoms with E-state index < -0.39 is 0 Å². The zero-order valence-corrected chi connectivity index (χ0v) is 15.8. The van der Waals surface area contributed by atoms with Gasteiger partial charge in [0, 0.05) is 45.9 Å². The van der Waals surface area contributed by atoms with Crippen LogP contribution in [0.1, 0.15) is 18.4 Å². The minimum absolute atomic E-state index is 0.688. The number of fused-ring (bicyclic) bond motifs is 4. The summed E-state index contributed by atoms with van der Waals surface area (Å²) in [4.78, 5) is 5.36. The Balaban J connectivity index is 1.50. The number of piperidine rings is 1. The highest BCUT2D eigenvalue weighted by atomic mass is 16.5. The average Bonchev–Trinajstić information content (AvgIpc) is 2.98. The van der Waals surface area contributed by atoms with Crippen LogP contribution in [0.2, 0.25) is 0 Å². The van der Waals surface area contributed by atoms with Gasteiger partial charge >= 0.3 is 0 Å². The van der Waals surface area contributed by atoms with Gasteiger partial charge in [-0.1, -0.05) is 54.6 Å². The second kappa shape index (κ2) is 8.34. The van der Waals surface area contributed by atoms with E-state index in [2.05, 4.69) is 64.4 Å². The second-order valence-corrected chi connectivity index (χ2v) is 7.80. The van der Waals surface area contributed by atoms with Crippen LogP contribution >= 0.6 is 0 Å². The third-order valence-electron chi connectivity index (χ3n) is 5.98. The number of benzene rings is 2. The summed E-state index contributed by atoms with van der Waals surface area (Å²) in [6.07, 6.45) is 2.72. The van der Waals surface area contributed by atoms with Crippen LogP contribution in [-0.2, 0) is 11.3 Å². The molecule has 0 spiro atoms. The van der Waals surface area contributed by atoms with Gasteiger partial charge in [-0.25, -0.2) is 0 Å². The van der Waals surface area contributed by atoms with E-state index in [0.717, 1.165) is 25.6 Å². The molecular weight excluding hydrogens is 320 g/mol. The summed E-state index contributed by atoms with van der Waals surface area (Å²) < 4.78 is 5.32. The molecule has 3 nitrogen and oxygen atoms in total. The highest BCUT2D eigenvalue weighted by Crippen LogP contribution is 2.30. The van der Waals surface area contributed by atoms with E-state index in [1.807, 2.05) is 7.11 Å². The van der Waals surface area contributed by atoms with Crippen molar-refractivity contribution in [2.24, 2.45) is 5.92 Å². The molecule has 0 saturated carbocycles. The summed E-state index contributed by atoms with van der Waals surface area (Å²) in [6, 6.07) is 20.4. The Labute approximate surface area is 157 Å². The van der Waals surface area contributed by atoms with E-state index >= 15 is 0 Å². The molecule has 0 radical (unpaired) electrons. The van der Waals surface area contributed by atoms with Gasteiger partial charge in [0.25, 0.3) is 0 Å². The standard InChI is InChI=1S/C23H30N2O/c1-26-14-13-25-16-19-11-12-22(25)18-24(15-19)17-21-9-5-6-10-23(21)20-7-3-2-4-8-20/h2-10,19,22H,11-18H2,1H3/t19-,22+/m0/s1. The van der Waals surface area contributed by atoms with Crippen molar-refractivity contribution in [3.8, 4) is 11.1 Å². The maximum absolute atomic E-state index is 5.32. The summed E-state index contributed by atoms with van der Waals surface area (Å²) in [5.41, 5.74) is 4.15. The Morgan fingerprint density at radius 1 is 0.923 bits per heavy atom. The number of nitrogens with zero attached hydrogens (tertiary/aromatic N) is 2. The molecule has 0 N–H and O–H groups in total. The fraction of sp³-hybridized carbons (Fsp3) is 0.478. The van der Waals surface area contributed by atoms with Crippen LogP contribution < -0.4 is 0 Å². The Hall–Kier alpha value is -1.68. The van der Waals surface area contributed by atoms with Crippen LogP contribution in [0, 0.1) is 5.92 Å². The van der Waals surface area contributed by atoms with Crippen molar-refractivity contribution >= 4 is 0 Å². The first-order chi connectivity index (χ1) is 12.8. The van der Waals surface area contributed by atoms with Crippen molar-refractivity contribution in [3.63, 3.8) is 0 Å². The molecule has 2 aromatic rings. The van der Waals surface area contributed by atoms with Crippen LogP contribution in [0.3, 0.4) is 0 Å². The highest BCUT2D eigenvalue weighted by Gasteiger charge is 2.34. The molecule has 26 heavy (non-hydrogen) atoms. The molecule has 3 fully saturated rings. The van der Waals surface area contributed by atoms with Gasteiger partial charge in [-0.3, -0.25) is 9.80 Å². The molecule has 138 valence electrons. The van der Waals surface area contributed by atoms with Crippen LogP contribution in [0.5, 0.6) is 0 Å². The zero-order valence-electron chi connectivity index (χ0n) is 15.8. The van der Waals surface area contributed by atoms with Crippen LogP contribution in [0.15, 0.2) is 54.6 Å². The lowest BCUT2D eigenvalue weighted by molar-refractivity contribution is 0.0867. The van der Waals surface area contributed by atoms with Crippen LogP contribution in [-0.4, -0.2) is 55.7 Å². The van der Waals surface area contributed by atoms with Gasteiger partial charge in [0.05, 0.1) is 6.61 Å². The van der Waals surface area contributed by atoms with Gasteiger partial charge in [-0.05, 0) is 35.4 Å². The lowest BCUT2D eigenvalue weighted by Gasteiger charge is -2.35. The van der Waals surface area contributed by atoms with Crippen molar-refractivity contribution in [3.05, 3.63) is 60.2 Å². The minimum Gasteiger partial charge on any atom is -0.383 e. The van der Waals surface area contributed by atoms with Gasteiger partial charge in [0.1, 0.15) is 0 Å². The number of hydrogen-bond acceptors (Lipinski definition) is 3. The Bertz CT molecular complexity index is 702. The molecule has 0 aromatic heterocycles. The molecule has 2 aromatic carbocycles. The monoisotopic (exact) mass is 350 g/mol. The first-order valence-electron chi connectivity index (χ1n) is 9.92. The molecule has 2 bridgehead atoms. The smallest absolute Gasteiger partial charge is 0.0589 e.